The highest BCUT2D eigenvalue weighted by molar-refractivity contribution is 7.14. The van der Waals surface area contributed by atoms with E-state index >= 15 is 0 Å². The number of ether oxygens (including phenoxy) is 2. The molecule has 2 aromatic rings. The molecule has 120 valence electrons. The number of thiophene rings is 1. The van der Waals surface area contributed by atoms with Crippen LogP contribution in [0.1, 0.15) is 43.8 Å². The van der Waals surface area contributed by atoms with Crippen LogP contribution in [0, 0.1) is 0 Å². The summed E-state index contributed by atoms with van der Waals surface area (Å²) in [6, 6.07) is 8.67. The second-order valence-electron chi connectivity index (χ2n) is 5.55. The van der Waals surface area contributed by atoms with Crippen molar-refractivity contribution >= 4 is 23.1 Å². The van der Waals surface area contributed by atoms with E-state index in [9.17, 15) is 9.59 Å². The van der Waals surface area contributed by atoms with E-state index in [4.69, 9.17) is 9.47 Å². The summed E-state index contributed by atoms with van der Waals surface area (Å²) >= 11 is 1.48. The maximum absolute atomic E-state index is 12.3. The lowest BCUT2D eigenvalue weighted by molar-refractivity contribution is 0.0323. The van der Waals surface area contributed by atoms with Crippen molar-refractivity contribution in [3.8, 4) is 5.75 Å². The lowest BCUT2D eigenvalue weighted by atomic mass is 10.1. The zero-order valence-electron chi connectivity index (χ0n) is 13.1. The lowest BCUT2D eigenvalue weighted by Crippen LogP contribution is -2.24. The van der Waals surface area contributed by atoms with Gasteiger partial charge in [0.05, 0.1) is 7.11 Å². The molecule has 0 amide bonds. The molecule has 0 saturated carbocycles. The number of carbonyl (C=O) groups is 2. The Morgan fingerprint density at radius 3 is 2.57 bits per heavy atom. The van der Waals surface area contributed by atoms with Crippen LogP contribution >= 0.6 is 11.3 Å². The number of benzene rings is 1. The summed E-state index contributed by atoms with van der Waals surface area (Å²) in [5.74, 6) is 0.0446. The van der Waals surface area contributed by atoms with Crippen molar-refractivity contribution in [2.24, 2.45) is 0 Å². The Labute approximate surface area is 139 Å². The number of Topliss-reactive ketones (excluding diaryl/α,β-unsaturated/α-hetero) is 1. The molecule has 1 atom stereocenters. The summed E-state index contributed by atoms with van der Waals surface area (Å²) in [6.45, 7) is 1.60. The molecule has 1 aromatic carbocycles. The molecule has 5 heteroatoms. The molecule has 4 nitrogen and oxygen atoms in total. The number of methoxy groups -OCH3 is 1. The van der Waals surface area contributed by atoms with E-state index in [1.54, 1.807) is 38.3 Å². The molecule has 0 saturated heterocycles. The van der Waals surface area contributed by atoms with Gasteiger partial charge >= 0.3 is 5.97 Å². The maximum Gasteiger partial charge on any atom is 0.349 e. The molecule has 0 N–H and O–H groups in total. The Morgan fingerprint density at radius 2 is 1.91 bits per heavy atom. The Balaban J connectivity index is 1.66. The summed E-state index contributed by atoms with van der Waals surface area (Å²) in [5.41, 5.74) is 1.75. The quantitative estimate of drug-likeness (QED) is 0.620. The molecule has 23 heavy (non-hydrogen) atoms. The molecule has 0 aliphatic heterocycles. The number of ketones is 1. The van der Waals surface area contributed by atoms with Gasteiger partial charge in [0.15, 0.2) is 6.10 Å². The van der Waals surface area contributed by atoms with Crippen molar-refractivity contribution in [1.29, 1.82) is 0 Å². The average molecular weight is 330 g/mol. The minimum atomic E-state index is -0.812. The van der Waals surface area contributed by atoms with Crippen LogP contribution in [-0.4, -0.2) is 25.0 Å². The summed E-state index contributed by atoms with van der Waals surface area (Å²) in [7, 11) is 1.57. The van der Waals surface area contributed by atoms with Gasteiger partial charge in [0.25, 0.3) is 0 Å². The zero-order chi connectivity index (χ0) is 16.4. The van der Waals surface area contributed by atoms with E-state index in [1.165, 1.54) is 21.8 Å². The fraction of sp³-hybridized carbons (Fsp3) is 0.333. The van der Waals surface area contributed by atoms with E-state index in [-0.39, 0.29) is 5.78 Å². The molecule has 0 fully saturated rings. The third-order valence-electron chi connectivity index (χ3n) is 3.98. The van der Waals surface area contributed by atoms with E-state index in [2.05, 4.69) is 0 Å². The van der Waals surface area contributed by atoms with Gasteiger partial charge in [0, 0.05) is 10.4 Å². The van der Waals surface area contributed by atoms with Crippen LogP contribution in [0.5, 0.6) is 5.75 Å². The van der Waals surface area contributed by atoms with Crippen molar-refractivity contribution in [3.05, 3.63) is 51.2 Å². The van der Waals surface area contributed by atoms with Gasteiger partial charge in [0.1, 0.15) is 10.6 Å². The van der Waals surface area contributed by atoms with Crippen molar-refractivity contribution in [2.75, 3.05) is 7.11 Å². The highest BCUT2D eigenvalue weighted by Crippen LogP contribution is 2.31. The van der Waals surface area contributed by atoms with E-state index in [0.29, 0.717) is 16.2 Å². The van der Waals surface area contributed by atoms with Gasteiger partial charge in [-0.05, 0) is 62.1 Å². The van der Waals surface area contributed by atoms with Gasteiger partial charge in [0.2, 0.25) is 5.78 Å². The smallest absolute Gasteiger partial charge is 0.349 e. The maximum atomic E-state index is 12.3. The average Bonchev–Trinajstić information content (AvgIpc) is 3.15. The van der Waals surface area contributed by atoms with E-state index in [0.717, 1.165) is 19.3 Å². The molecule has 3 rings (SSSR count). The molecule has 0 spiro atoms. The van der Waals surface area contributed by atoms with E-state index < -0.39 is 12.1 Å². The van der Waals surface area contributed by atoms with Crippen LogP contribution in [0.4, 0.5) is 0 Å². The molecule has 1 unspecified atom stereocenters. The van der Waals surface area contributed by atoms with Crippen LogP contribution in [0.2, 0.25) is 0 Å². The number of esters is 1. The van der Waals surface area contributed by atoms with Crippen LogP contribution in [0.15, 0.2) is 30.3 Å². The molecule has 1 aromatic heterocycles. The second-order valence-corrected chi connectivity index (χ2v) is 6.69. The van der Waals surface area contributed by atoms with Crippen LogP contribution in [0.25, 0.3) is 0 Å². The Bertz CT molecular complexity index is 708. The second kappa shape index (κ2) is 6.54. The topological polar surface area (TPSA) is 52.6 Å². The van der Waals surface area contributed by atoms with Gasteiger partial charge in [-0.25, -0.2) is 4.79 Å². The fourth-order valence-electron chi connectivity index (χ4n) is 2.69. The first-order valence-corrected chi connectivity index (χ1v) is 8.41. The Kier molecular flexibility index (Phi) is 4.48. The van der Waals surface area contributed by atoms with Gasteiger partial charge in [-0.15, -0.1) is 11.3 Å². The van der Waals surface area contributed by atoms with Crippen molar-refractivity contribution < 1.29 is 19.1 Å². The summed E-state index contributed by atoms with van der Waals surface area (Å²) in [4.78, 5) is 26.4. The summed E-state index contributed by atoms with van der Waals surface area (Å²) in [6.07, 6.45) is 2.41. The highest BCUT2D eigenvalue weighted by Gasteiger charge is 2.24. The fourth-order valence-corrected chi connectivity index (χ4v) is 3.83. The molecule has 1 aliphatic carbocycles. The lowest BCUT2D eigenvalue weighted by Gasteiger charge is -2.12. The van der Waals surface area contributed by atoms with Crippen LogP contribution < -0.4 is 4.74 Å². The van der Waals surface area contributed by atoms with Crippen LogP contribution in [-0.2, 0) is 17.6 Å². The predicted molar refractivity (Wildman–Crippen MR) is 88.5 cm³/mol. The molecular formula is C18H18O4S. The SMILES string of the molecule is COc1ccc(C(=O)C(C)OC(=O)c2cc3c(s2)CCC3)cc1. The van der Waals surface area contributed by atoms with E-state index in [1.807, 2.05) is 6.07 Å². The predicted octanol–water partition coefficient (Wildman–Crippen LogP) is 3.67. The Morgan fingerprint density at radius 1 is 1.17 bits per heavy atom. The number of carbonyl (C=O) groups excluding carboxylic acids is 2. The van der Waals surface area contributed by atoms with Crippen molar-refractivity contribution in [1.82, 2.24) is 0 Å². The third-order valence-corrected chi connectivity index (χ3v) is 5.19. The summed E-state index contributed by atoms with van der Waals surface area (Å²) in [5, 5.41) is 0. The Hall–Kier alpha value is -2.14. The number of hydrogen-bond donors (Lipinski definition) is 0. The number of fused-ring (bicyclic) bond motifs is 1. The third kappa shape index (κ3) is 3.29. The first-order valence-electron chi connectivity index (χ1n) is 7.59. The molecule has 0 radical (unpaired) electrons. The first kappa shape index (κ1) is 15.7. The highest BCUT2D eigenvalue weighted by atomic mass is 32.1. The number of rotatable bonds is 5. The minimum absolute atomic E-state index is 0.217. The largest absolute Gasteiger partial charge is 0.497 e. The monoisotopic (exact) mass is 330 g/mol. The standard InChI is InChI=1S/C18H18O4S/c1-11(17(19)12-6-8-14(21-2)9-7-12)22-18(20)16-10-13-4-3-5-15(13)23-16/h6-11H,3-5H2,1-2H3. The van der Waals surface area contributed by atoms with Gasteiger partial charge in [-0.1, -0.05) is 0 Å². The first-order chi connectivity index (χ1) is 11.1. The zero-order valence-corrected chi connectivity index (χ0v) is 13.9. The van der Waals surface area contributed by atoms with Crippen molar-refractivity contribution in [2.45, 2.75) is 32.3 Å². The van der Waals surface area contributed by atoms with Gasteiger partial charge in [-0.2, -0.15) is 0 Å². The number of hydrogen-bond acceptors (Lipinski definition) is 5. The van der Waals surface area contributed by atoms with Gasteiger partial charge in [-0.3, -0.25) is 4.79 Å². The molecule has 1 aliphatic rings. The van der Waals surface area contributed by atoms with Gasteiger partial charge < -0.3 is 9.47 Å². The molecular weight excluding hydrogens is 312 g/mol. The normalized spacial score (nSPS) is 14.2. The van der Waals surface area contributed by atoms with Crippen LogP contribution in [0.3, 0.4) is 0 Å². The number of aryl methyl sites for hydroxylation is 2. The minimum Gasteiger partial charge on any atom is -0.497 e. The van der Waals surface area contributed by atoms with Crippen molar-refractivity contribution in [3.63, 3.8) is 0 Å². The summed E-state index contributed by atoms with van der Waals surface area (Å²) < 4.78 is 10.4. The molecule has 0 bridgehead atoms. The molecule has 1 heterocycles.